The van der Waals surface area contributed by atoms with Crippen molar-refractivity contribution >= 4 is 11.3 Å². The molecule has 1 fully saturated rings. The van der Waals surface area contributed by atoms with E-state index in [0.29, 0.717) is 11.9 Å². The molecule has 1 unspecified atom stereocenters. The fraction of sp³-hybridized carbons (Fsp3) is 0.667. The Morgan fingerprint density at radius 2 is 2.29 bits per heavy atom. The molecule has 2 aromatic heterocycles. The fourth-order valence-corrected chi connectivity index (χ4v) is 3.82. The molecule has 0 N–H and O–H groups in total. The van der Waals surface area contributed by atoms with Crippen molar-refractivity contribution in [3.8, 4) is 10.7 Å². The largest absolute Gasteiger partial charge is 0.377 e. The summed E-state index contributed by atoms with van der Waals surface area (Å²) < 4.78 is 11.3. The number of aryl methyl sites for hydroxylation is 1. The van der Waals surface area contributed by atoms with Crippen LogP contribution < -0.4 is 0 Å². The standard InChI is InChI=1S/C18H27N3O2S/c1-2-10-21(14-15-7-3-4-12-22-15)11-5-9-17-19-18(20-23-17)16-8-6-13-24-16/h6,8,13,15H,2-5,7,9-12,14H2,1H3. The number of rotatable bonds is 9. The van der Waals surface area contributed by atoms with E-state index in [-0.39, 0.29) is 0 Å². The van der Waals surface area contributed by atoms with Crippen molar-refractivity contribution in [3.63, 3.8) is 0 Å². The molecule has 3 rings (SSSR count). The van der Waals surface area contributed by atoms with E-state index in [1.54, 1.807) is 11.3 Å². The lowest BCUT2D eigenvalue weighted by atomic mass is 10.1. The number of aromatic nitrogens is 2. The van der Waals surface area contributed by atoms with Crippen LogP contribution in [0.5, 0.6) is 0 Å². The first-order chi connectivity index (χ1) is 11.8. The highest BCUT2D eigenvalue weighted by Gasteiger charge is 2.17. The van der Waals surface area contributed by atoms with Gasteiger partial charge >= 0.3 is 0 Å². The van der Waals surface area contributed by atoms with Crippen LogP contribution in [0.2, 0.25) is 0 Å². The van der Waals surface area contributed by atoms with Gasteiger partial charge in [-0.1, -0.05) is 18.1 Å². The first-order valence-electron chi connectivity index (χ1n) is 9.05. The lowest BCUT2D eigenvalue weighted by Gasteiger charge is -2.29. The van der Waals surface area contributed by atoms with Gasteiger partial charge < -0.3 is 14.2 Å². The minimum absolute atomic E-state index is 0.416. The molecule has 0 aliphatic carbocycles. The van der Waals surface area contributed by atoms with Crippen molar-refractivity contribution in [1.82, 2.24) is 15.0 Å². The van der Waals surface area contributed by atoms with Crippen LogP contribution in [0.25, 0.3) is 10.7 Å². The average Bonchev–Trinajstić information content (AvgIpc) is 3.27. The van der Waals surface area contributed by atoms with Gasteiger partial charge in [-0.3, -0.25) is 0 Å². The quantitative estimate of drug-likeness (QED) is 0.684. The molecule has 1 saturated heterocycles. The van der Waals surface area contributed by atoms with E-state index < -0.39 is 0 Å². The third kappa shape index (κ3) is 5.13. The number of thiophene rings is 1. The molecule has 0 saturated carbocycles. The zero-order valence-electron chi connectivity index (χ0n) is 14.4. The third-order valence-corrected chi connectivity index (χ3v) is 5.22. The van der Waals surface area contributed by atoms with Crippen LogP contribution >= 0.6 is 11.3 Å². The van der Waals surface area contributed by atoms with Crippen molar-refractivity contribution in [3.05, 3.63) is 23.4 Å². The Bertz CT molecular complexity index is 579. The predicted octanol–water partition coefficient (Wildman–Crippen LogP) is 4.01. The maximum atomic E-state index is 5.88. The van der Waals surface area contributed by atoms with Gasteiger partial charge in [0, 0.05) is 19.6 Å². The van der Waals surface area contributed by atoms with E-state index in [0.717, 1.165) is 49.9 Å². The summed E-state index contributed by atoms with van der Waals surface area (Å²) in [7, 11) is 0. The van der Waals surface area contributed by atoms with Crippen LogP contribution in [0.4, 0.5) is 0 Å². The molecule has 1 atom stereocenters. The Kier molecular flexibility index (Phi) is 6.81. The summed E-state index contributed by atoms with van der Waals surface area (Å²) in [5, 5.41) is 6.11. The zero-order valence-corrected chi connectivity index (χ0v) is 15.3. The van der Waals surface area contributed by atoms with Gasteiger partial charge in [0.25, 0.3) is 0 Å². The molecule has 5 nitrogen and oxygen atoms in total. The lowest BCUT2D eigenvalue weighted by molar-refractivity contribution is -0.00588. The zero-order chi connectivity index (χ0) is 16.6. The number of hydrogen-bond donors (Lipinski definition) is 0. The second-order valence-electron chi connectivity index (χ2n) is 6.38. The maximum absolute atomic E-state index is 5.88. The van der Waals surface area contributed by atoms with Gasteiger partial charge in [0.05, 0.1) is 11.0 Å². The smallest absolute Gasteiger partial charge is 0.227 e. The molecular formula is C18H27N3O2S. The molecule has 3 heterocycles. The number of ether oxygens (including phenoxy) is 1. The average molecular weight is 350 g/mol. The van der Waals surface area contributed by atoms with Gasteiger partial charge in [0.15, 0.2) is 0 Å². The minimum atomic E-state index is 0.416. The Labute approximate surface area is 148 Å². The summed E-state index contributed by atoms with van der Waals surface area (Å²) in [5.41, 5.74) is 0. The van der Waals surface area contributed by atoms with Crippen LogP contribution in [0.15, 0.2) is 22.0 Å². The monoisotopic (exact) mass is 349 g/mol. The van der Waals surface area contributed by atoms with E-state index >= 15 is 0 Å². The maximum Gasteiger partial charge on any atom is 0.227 e. The van der Waals surface area contributed by atoms with Crippen LogP contribution in [0.1, 0.15) is 44.9 Å². The minimum Gasteiger partial charge on any atom is -0.377 e. The van der Waals surface area contributed by atoms with Crippen molar-refractivity contribution in [2.24, 2.45) is 0 Å². The molecule has 2 aromatic rings. The van der Waals surface area contributed by atoms with Crippen LogP contribution in [0, 0.1) is 0 Å². The molecule has 6 heteroatoms. The molecule has 132 valence electrons. The van der Waals surface area contributed by atoms with E-state index in [1.807, 2.05) is 17.5 Å². The van der Waals surface area contributed by atoms with Gasteiger partial charge in [-0.15, -0.1) is 11.3 Å². The Morgan fingerprint density at radius 3 is 3.04 bits per heavy atom. The first kappa shape index (κ1) is 17.6. The Morgan fingerprint density at radius 1 is 1.33 bits per heavy atom. The van der Waals surface area contributed by atoms with Crippen molar-refractivity contribution in [2.75, 3.05) is 26.2 Å². The molecule has 1 aliphatic heterocycles. The number of nitrogens with zero attached hydrogens (tertiary/aromatic N) is 3. The highest BCUT2D eigenvalue weighted by molar-refractivity contribution is 7.13. The third-order valence-electron chi connectivity index (χ3n) is 4.35. The summed E-state index contributed by atoms with van der Waals surface area (Å²) in [5.74, 6) is 1.45. The van der Waals surface area contributed by atoms with Crippen LogP contribution in [0.3, 0.4) is 0 Å². The van der Waals surface area contributed by atoms with E-state index in [1.165, 1.54) is 25.7 Å². The SMILES string of the molecule is CCCN(CCCc1nc(-c2cccs2)no1)CC1CCCCO1. The lowest BCUT2D eigenvalue weighted by Crippen LogP contribution is -2.37. The van der Waals surface area contributed by atoms with Crippen molar-refractivity contribution < 1.29 is 9.26 Å². The summed E-state index contributed by atoms with van der Waals surface area (Å²) in [6.07, 6.45) is 7.19. The topological polar surface area (TPSA) is 51.4 Å². The van der Waals surface area contributed by atoms with Crippen molar-refractivity contribution in [1.29, 1.82) is 0 Å². The highest BCUT2D eigenvalue weighted by Crippen LogP contribution is 2.21. The molecule has 0 amide bonds. The van der Waals surface area contributed by atoms with Gasteiger partial charge in [0.2, 0.25) is 11.7 Å². The molecule has 0 spiro atoms. The molecule has 0 aromatic carbocycles. The fourth-order valence-electron chi connectivity index (χ4n) is 3.17. The highest BCUT2D eigenvalue weighted by atomic mass is 32.1. The normalized spacial score (nSPS) is 18.3. The van der Waals surface area contributed by atoms with Crippen LogP contribution in [-0.2, 0) is 11.2 Å². The summed E-state index contributed by atoms with van der Waals surface area (Å²) in [6.45, 7) is 6.41. The van der Waals surface area contributed by atoms with E-state index in [4.69, 9.17) is 9.26 Å². The first-order valence-corrected chi connectivity index (χ1v) is 9.93. The molecule has 0 radical (unpaired) electrons. The molecule has 24 heavy (non-hydrogen) atoms. The molecular weight excluding hydrogens is 322 g/mol. The van der Waals surface area contributed by atoms with Crippen molar-refractivity contribution in [2.45, 2.75) is 51.6 Å². The number of hydrogen-bond acceptors (Lipinski definition) is 6. The van der Waals surface area contributed by atoms with Crippen LogP contribution in [-0.4, -0.2) is 47.4 Å². The van der Waals surface area contributed by atoms with Gasteiger partial charge in [0.1, 0.15) is 0 Å². The van der Waals surface area contributed by atoms with Gasteiger partial charge in [-0.25, -0.2) is 0 Å². The molecule has 1 aliphatic rings. The Balaban J connectivity index is 1.44. The summed E-state index contributed by atoms with van der Waals surface area (Å²) >= 11 is 1.64. The molecule has 0 bridgehead atoms. The summed E-state index contributed by atoms with van der Waals surface area (Å²) in [6, 6.07) is 4.03. The van der Waals surface area contributed by atoms with Gasteiger partial charge in [-0.05, 0) is 56.6 Å². The van der Waals surface area contributed by atoms with E-state index in [9.17, 15) is 0 Å². The Hall–Kier alpha value is -1.24. The second kappa shape index (κ2) is 9.30. The second-order valence-corrected chi connectivity index (χ2v) is 7.33. The predicted molar refractivity (Wildman–Crippen MR) is 96.3 cm³/mol. The van der Waals surface area contributed by atoms with Gasteiger partial charge in [-0.2, -0.15) is 4.98 Å². The summed E-state index contributed by atoms with van der Waals surface area (Å²) in [4.78, 5) is 8.08. The van der Waals surface area contributed by atoms with E-state index in [2.05, 4.69) is 22.0 Å².